The zero-order valence-electron chi connectivity index (χ0n) is 8.95. The van der Waals surface area contributed by atoms with Crippen molar-refractivity contribution in [3.8, 4) is 0 Å². The van der Waals surface area contributed by atoms with Gasteiger partial charge in [-0.2, -0.15) is 0 Å². The third-order valence-corrected chi connectivity index (χ3v) is 3.30. The fourth-order valence-electron chi connectivity index (χ4n) is 2.09. The van der Waals surface area contributed by atoms with Crippen LogP contribution in [0.4, 0.5) is 0 Å². The van der Waals surface area contributed by atoms with Crippen LogP contribution in [0.1, 0.15) is 39.0 Å². The van der Waals surface area contributed by atoms with Crippen molar-refractivity contribution in [1.82, 2.24) is 0 Å². The van der Waals surface area contributed by atoms with E-state index in [0.29, 0.717) is 12.8 Å². The maximum absolute atomic E-state index is 11.7. The number of hydrogen-bond donors (Lipinski definition) is 1. The Balaban J connectivity index is 2.22. The summed E-state index contributed by atoms with van der Waals surface area (Å²) in [4.78, 5) is 23.4. The normalized spacial score (nSPS) is 27.0. The second kappa shape index (κ2) is 3.80. The van der Waals surface area contributed by atoms with Crippen LogP contribution in [0.2, 0.25) is 0 Å². The van der Waals surface area contributed by atoms with Gasteiger partial charge in [-0.25, -0.2) is 0 Å². The molecule has 0 bridgehead atoms. The highest BCUT2D eigenvalue weighted by Crippen LogP contribution is 2.38. The van der Waals surface area contributed by atoms with Crippen LogP contribution >= 0.6 is 0 Å². The van der Waals surface area contributed by atoms with E-state index in [4.69, 9.17) is 0 Å². The second-order valence-electron chi connectivity index (χ2n) is 4.56. The molecule has 0 aliphatic heterocycles. The summed E-state index contributed by atoms with van der Waals surface area (Å²) in [6.07, 6.45) is 3.53. The maximum Gasteiger partial charge on any atom is 0.170 e. The first-order valence-corrected chi connectivity index (χ1v) is 5.63. The van der Waals surface area contributed by atoms with Crippen LogP contribution in [0.15, 0.2) is 11.3 Å². The Labute approximate surface area is 89.2 Å². The van der Waals surface area contributed by atoms with Gasteiger partial charge >= 0.3 is 0 Å². The number of hydrogen-bond acceptors (Lipinski definition) is 3. The zero-order chi connectivity index (χ0) is 11.0. The van der Waals surface area contributed by atoms with Gasteiger partial charge in [0.05, 0.1) is 5.57 Å². The van der Waals surface area contributed by atoms with Crippen molar-refractivity contribution in [3.05, 3.63) is 11.3 Å². The Morgan fingerprint density at radius 2 is 1.80 bits per heavy atom. The molecule has 15 heavy (non-hydrogen) atoms. The average Bonchev–Trinajstić information content (AvgIpc) is 2.99. The quantitative estimate of drug-likeness (QED) is 0.430. The predicted octanol–water partition coefficient (Wildman–Crippen LogP) is 2.17. The van der Waals surface area contributed by atoms with Crippen molar-refractivity contribution in [2.45, 2.75) is 39.0 Å². The van der Waals surface area contributed by atoms with E-state index >= 15 is 0 Å². The van der Waals surface area contributed by atoms with Gasteiger partial charge < -0.3 is 5.11 Å². The van der Waals surface area contributed by atoms with Crippen molar-refractivity contribution >= 4 is 11.6 Å². The standard InChI is InChI=1S/C12H16O3/c1-2-7-5-9(13)11(10(14)6-7)12(15)8-3-4-8/h7-8,15H,2-6H2,1H3. The van der Waals surface area contributed by atoms with E-state index in [1.807, 2.05) is 6.92 Å². The van der Waals surface area contributed by atoms with Gasteiger partial charge in [0.2, 0.25) is 0 Å². The fourth-order valence-corrected chi connectivity index (χ4v) is 2.09. The third kappa shape index (κ3) is 1.96. The van der Waals surface area contributed by atoms with E-state index in [9.17, 15) is 14.7 Å². The summed E-state index contributed by atoms with van der Waals surface area (Å²) in [5, 5.41) is 9.75. The molecule has 2 aliphatic carbocycles. The number of aliphatic hydroxyl groups is 1. The maximum atomic E-state index is 11.7. The summed E-state index contributed by atoms with van der Waals surface area (Å²) in [6, 6.07) is 0. The Kier molecular flexibility index (Phi) is 2.63. The van der Waals surface area contributed by atoms with Crippen LogP contribution in [-0.2, 0) is 9.59 Å². The molecule has 0 aromatic rings. The lowest BCUT2D eigenvalue weighted by atomic mass is 9.81. The predicted molar refractivity (Wildman–Crippen MR) is 55.4 cm³/mol. The molecule has 0 saturated heterocycles. The van der Waals surface area contributed by atoms with E-state index in [1.165, 1.54) is 0 Å². The number of ketones is 2. The van der Waals surface area contributed by atoms with Crippen LogP contribution in [0, 0.1) is 11.8 Å². The van der Waals surface area contributed by atoms with Crippen molar-refractivity contribution in [2.75, 3.05) is 0 Å². The Morgan fingerprint density at radius 3 is 2.20 bits per heavy atom. The molecule has 0 atom stereocenters. The monoisotopic (exact) mass is 208 g/mol. The van der Waals surface area contributed by atoms with Gasteiger partial charge in [0.1, 0.15) is 5.76 Å². The third-order valence-electron chi connectivity index (χ3n) is 3.30. The molecule has 1 N–H and O–H groups in total. The molecule has 2 fully saturated rings. The summed E-state index contributed by atoms with van der Waals surface area (Å²) < 4.78 is 0. The minimum absolute atomic E-state index is 0.0690. The van der Waals surface area contributed by atoms with Crippen molar-refractivity contribution < 1.29 is 14.7 Å². The van der Waals surface area contributed by atoms with E-state index in [1.54, 1.807) is 0 Å². The van der Waals surface area contributed by atoms with Crippen LogP contribution in [-0.4, -0.2) is 16.7 Å². The topological polar surface area (TPSA) is 54.4 Å². The molecule has 0 aromatic heterocycles. The first kappa shape index (κ1) is 10.4. The van der Waals surface area contributed by atoms with Gasteiger partial charge in [-0.15, -0.1) is 0 Å². The Hall–Kier alpha value is -1.12. The Morgan fingerprint density at radius 1 is 1.27 bits per heavy atom. The van der Waals surface area contributed by atoms with E-state index in [2.05, 4.69) is 0 Å². The second-order valence-corrected chi connectivity index (χ2v) is 4.56. The average molecular weight is 208 g/mol. The molecular formula is C12H16O3. The first-order chi connectivity index (χ1) is 7.13. The SMILES string of the molecule is CCC1CC(=O)C(=C(O)C2CC2)C(=O)C1. The lowest BCUT2D eigenvalue weighted by Gasteiger charge is -2.21. The summed E-state index contributed by atoms with van der Waals surface area (Å²) in [5.41, 5.74) is 0.113. The Bertz CT molecular complexity index is 317. The number of rotatable bonds is 2. The van der Waals surface area contributed by atoms with Crippen LogP contribution in [0.3, 0.4) is 0 Å². The smallest absolute Gasteiger partial charge is 0.170 e. The highest BCUT2D eigenvalue weighted by molar-refractivity contribution is 6.22. The molecule has 3 nitrogen and oxygen atoms in total. The number of aliphatic hydroxyl groups excluding tert-OH is 1. The number of Topliss-reactive ketones (excluding diaryl/α,β-unsaturated/α-hetero) is 2. The molecular weight excluding hydrogens is 192 g/mol. The fraction of sp³-hybridized carbons (Fsp3) is 0.667. The number of allylic oxidation sites excluding steroid dienone is 2. The molecule has 0 spiro atoms. The molecule has 2 aliphatic rings. The number of carbonyl (C=O) groups is 2. The minimum Gasteiger partial charge on any atom is -0.511 e. The molecule has 3 heteroatoms. The lowest BCUT2D eigenvalue weighted by molar-refractivity contribution is -0.125. The van der Waals surface area contributed by atoms with Crippen molar-refractivity contribution in [3.63, 3.8) is 0 Å². The van der Waals surface area contributed by atoms with Crippen molar-refractivity contribution in [2.24, 2.45) is 11.8 Å². The summed E-state index contributed by atoms with van der Waals surface area (Å²) >= 11 is 0. The summed E-state index contributed by atoms with van der Waals surface area (Å²) in [6.45, 7) is 1.99. The van der Waals surface area contributed by atoms with Gasteiger partial charge in [0.15, 0.2) is 11.6 Å². The van der Waals surface area contributed by atoms with Gasteiger partial charge in [0, 0.05) is 18.8 Å². The molecule has 0 aromatic carbocycles. The van der Waals surface area contributed by atoms with Gasteiger partial charge in [-0.3, -0.25) is 9.59 Å². The van der Waals surface area contributed by atoms with Crippen LogP contribution in [0.25, 0.3) is 0 Å². The van der Waals surface area contributed by atoms with Crippen LogP contribution in [0.5, 0.6) is 0 Å². The zero-order valence-corrected chi connectivity index (χ0v) is 8.95. The van der Waals surface area contributed by atoms with E-state index in [0.717, 1.165) is 19.3 Å². The molecule has 0 amide bonds. The largest absolute Gasteiger partial charge is 0.511 e. The van der Waals surface area contributed by atoms with Gasteiger partial charge in [-0.05, 0) is 18.8 Å². The van der Waals surface area contributed by atoms with Crippen LogP contribution < -0.4 is 0 Å². The highest BCUT2D eigenvalue weighted by Gasteiger charge is 2.37. The molecule has 82 valence electrons. The van der Waals surface area contributed by atoms with Crippen molar-refractivity contribution in [1.29, 1.82) is 0 Å². The highest BCUT2D eigenvalue weighted by atomic mass is 16.3. The molecule has 0 radical (unpaired) electrons. The molecule has 0 heterocycles. The minimum atomic E-state index is -0.150. The first-order valence-electron chi connectivity index (χ1n) is 5.63. The van der Waals surface area contributed by atoms with Gasteiger partial charge in [0.25, 0.3) is 0 Å². The molecule has 0 unspecified atom stereocenters. The summed E-state index contributed by atoms with van der Waals surface area (Å²) in [7, 11) is 0. The van der Waals surface area contributed by atoms with Gasteiger partial charge in [-0.1, -0.05) is 13.3 Å². The number of carbonyl (C=O) groups excluding carboxylic acids is 2. The van der Waals surface area contributed by atoms with E-state index < -0.39 is 0 Å². The molecule has 2 saturated carbocycles. The van der Waals surface area contributed by atoms with E-state index in [-0.39, 0.29) is 34.7 Å². The lowest BCUT2D eigenvalue weighted by Crippen LogP contribution is -2.27. The molecule has 2 rings (SSSR count). The summed E-state index contributed by atoms with van der Waals surface area (Å²) in [5.74, 6) is 0.0383.